The van der Waals surface area contributed by atoms with Gasteiger partial charge in [0.1, 0.15) is 0 Å². The van der Waals surface area contributed by atoms with Gasteiger partial charge in [-0.25, -0.2) is 0 Å². The summed E-state index contributed by atoms with van der Waals surface area (Å²) in [5.41, 5.74) is 8.38. The molecule has 0 saturated heterocycles. The van der Waals surface area contributed by atoms with Crippen LogP contribution < -0.4 is 5.73 Å². The number of hydrogen-bond acceptors (Lipinski definition) is 5. The lowest BCUT2D eigenvalue weighted by molar-refractivity contribution is -0.108. The number of fused-ring (bicyclic) bond motifs is 1. The number of nitrogens with zero attached hydrogens (tertiary/aromatic N) is 3. The Labute approximate surface area is 149 Å². The second kappa shape index (κ2) is 6.14. The molecule has 24 heavy (non-hydrogen) atoms. The summed E-state index contributed by atoms with van der Waals surface area (Å²) in [4.78, 5) is 11.2. The van der Waals surface area contributed by atoms with Crippen molar-refractivity contribution in [3.63, 3.8) is 0 Å². The van der Waals surface area contributed by atoms with Crippen molar-refractivity contribution in [2.24, 2.45) is 0 Å². The summed E-state index contributed by atoms with van der Waals surface area (Å²) in [6, 6.07) is 12.6. The molecular weight excluding hydrogens is 340 g/mol. The maximum Gasteiger partial charge on any atom is 0.227 e. The smallest absolute Gasteiger partial charge is 0.227 e. The van der Waals surface area contributed by atoms with Gasteiger partial charge in [-0.3, -0.25) is 9.36 Å². The Bertz CT molecular complexity index is 933. The number of benzene rings is 2. The monoisotopic (exact) mass is 356 g/mol. The first-order valence-electron chi connectivity index (χ1n) is 7.72. The molecule has 0 radical (unpaired) electrons. The number of carbonyl (C=O) groups excluding carboxylic acids is 1. The molecule has 122 valence electrons. The summed E-state index contributed by atoms with van der Waals surface area (Å²) < 4.78 is 1.81. The third-order valence-electron chi connectivity index (χ3n) is 4.18. The third-order valence-corrected chi connectivity index (χ3v) is 5.48. The lowest BCUT2D eigenvalue weighted by Crippen LogP contribution is -2.04. The van der Waals surface area contributed by atoms with E-state index in [1.54, 1.807) is 4.57 Å². The van der Waals surface area contributed by atoms with Crippen LogP contribution in [0, 0.1) is 0 Å². The predicted molar refractivity (Wildman–Crippen MR) is 100.0 cm³/mol. The molecule has 1 fully saturated rings. The van der Waals surface area contributed by atoms with Crippen LogP contribution in [0.1, 0.15) is 24.3 Å². The first-order chi connectivity index (χ1) is 11.6. The second-order valence-corrected chi connectivity index (χ2v) is 7.29. The zero-order valence-corrected chi connectivity index (χ0v) is 14.6. The van der Waals surface area contributed by atoms with Crippen LogP contribution in [0.2, 0.25) is 0 Å². The molecule has 2 N–H and O–H groups in total. The number of thioether (sulfide) groups is 1. The quantitative estimate of drug-likeness (QED) is 0.541. The Hall–Kier alpha value is -1.99. The van der Waals surface area contributed by atoms with Crippen LogP contribution in [-0.2, 0) is 4.79 Å². The average Bonchev–Trinajstić information content (AvgIpc) is 3.35. The molecule has 5 nitrogen and oxygen atoms in total. The number of thiol groups is 1. The van der Waals surface area contributed by atoms with Gasteiger partial charge in [0.05, 0.1) is 11.4 Å². The van der Waals surface area contributed by atoms with E-state index >= 15 is 0 Å². The zero-order valence-electron chi connectivity index (χ0n) is 12.8. The largest absolute Gasteiger partial charge is 0.368 e. The topological polar surface area (TPSA) is 73.8 Å². The average molecular weight is 356 g/mol. The molecule has 1 heterocycles. The molecule has 1 aliphatic rings. The summed E-state index contributed by atoms with van der Waals surface area (Å²) in [5.74, 6) is 1.20. The molecule has 1 saturated carbocycles. The Morgan fingerprint density at radius 3 is 2.67 bits per heavy atom. The van der Waals surface area contributed by atoms with Crippen molar-refractivity contribution in [3.05, 3.63) is 42.0 Å². The van der Waals surface area contributed by atoms with E-state index in [-0.39, 0.29) is 10.9 Å². The van der Waals surface area contributed by atoms with Crippen LogP contribution in [-0.4, -0.2) is 25.6 Å². The molecule has 0 unspecified atom stereocenters. The Kier molecular flexibility index (Phi) is 3.97. The van der Waals surface area contributed by atoms with E-state index in [1.807, 2.05) is 6.07 Å². The minimum absolute atomic E-state index is 0.206. The fourth-order valence-electron chi connectivity index (χ4n) is 2.98. The molecule has 2 aromatic carbocycles. The van der Waals surface area contributed by atoms with Crippen molar-refractivity contribution in [1.82, 2.24) is 14.8 Å². The summed E-state index contributed by atoms with van der Waals surface area (Å²) in [6.45, 7) is 0. The van der Waals surface area contributed by atoms with E-state index < -0.39 is 0 Å². The van der Waals surface area contributed by atoms with E-state index in [4.69, 9.17) is 5.73 Å². The van der Waals surface area contributed by atoms with Gasteiger partial charge < -0.3 is 5.73 Å². The van der Waals surface area contributed by atoms with Crippen molar-refractivity contribution in [1.29, 1.82) is 0 Å². The number of anilines is 1. The summed E-state index contributed by atoms with van der Waals surface area (Å²) in [5, 5.41) is 10.8. The maximum absolute atomic E-state index is 11.2. The molecular formula is C17H16N4OS2. The molecule has 0 aliphatic heterocycles. The number of hydrogen-bond donors (Lipinski definition) is 2. The van der Waals surface area contributed by atoms with Crippen molar-refractivity contribution < 1.29 is 4.79 Å². The highest BCUT2D eigenvalue weighted by molar-refractivity contribution is 8.04. The minimum atomic E-state index is -0.206. The second-order valence-electron chi connectivity index (χ2n) is 5.85. The van der Waals surface area contributed by atoms with E-state index in [0.29, 0.717) is 17.0 Å². The van der Waals surface area contributed by atoms with Gasteiger partial charge in [0.25, 0.3) is 0 Å². The highest BCUT2D eigenvalue weighted by atomic mass is 32.2. The molecule has 1 aliphatic carbocycles. The maximum atomic E-state index is 11.2. The van der Waals surface area contributed by atoms with E-state index in [2.05, 4.69) is 53.2 Å². The fourth-order valence-corrected chi connectivity index (χ4v) is 3.85. The lowest BCUT2D eigenvalue weighted by atomic mass is 9.99. The molecule has 3 aromatic rings. The molecule has 0 amide bonds. The SMILES string of the molecule is Nc1nnc(SCC(=O)S)n1-c1ccc(C2CC2)c2ccccc12. The number of nitrogens with two attached hydrogens (primary N) is 1. The Morgan fingerprint density at radius 2 is 1.96 bits per heavy atom. The molecule has 0 atom stereocenters. The van der Waals surface area contributed by atoms with Gasteiger partial charge in [0.15, 0.2) is 10.3 Å². The fraction of sp³-hybridized carbons (Fsp3) is 0.235. The van der Waals surface area contributed by atoms with E-state index in [1.165, 1.54) is 35.6 Å². The van der Waals surface area contributed by atoms with Gasteiger partial charge in [-0.2, -0.15) is 0 Å². The summed E-state index contributed by atoms with van der Waals surface area (Å²) in [6.07, 6.45) is 2.51. The summed E-state index contributed by atoms with van der Waals surface area (Å²) >= 11 is 5.10. The van der Waals surface area contributed by atoms with Crippen molar-refractivity contribution >= 4 is 46.2 Å². The van der Waals surface area contributed by atoms with Gasteiger partial charge in [-0.05, 0) is 35.8 Å². The van der Waals surface area contributed by atoms with Gasteiger partial charge in [0.2, 0.25) is 5.95 Å². The lowest BCUT2D eigenvalue weighted by Gasteiger charge is -2.13. The number of nitrogen functional groups attached to an aromatic ring is 1. The normalized spacial score (nSPS) is 14.2. The third kappa shape index (κ3) is 2.78. The number of carbonyl (C=O) groups is 1. The van der Waals surface area contributed by atoms with Gasteiger partial charge in [-0.15, -0.1) is 22.8 Å². The highest BCUT2D eigenvalue weighted by Gasteiger charge is 2.26. The first-order valence-corrected chi connectivity index (χ1v) is 9.16. The van der Waals surface area contributed by atoms with E-state index in [9.17, 15) is 4.79 Å². The first kappa shape index (κ1) is 15.5. The molecule has 0 bridgehead atoms. The molecule has 0 spiro atoms. The number of rotatable bonds is 5. The van der Waals surface area contributed by atoms with E-state index in [0.717, 1.165) is 11.1 Å². The van der Waals surface area contributed by atoms with Crippen molar-refractivity contribution in [2.45, 2.75) is 23.9 Å². The van der Waals surface area contributed by atoms with Gasteiger partial charge in [-0.1, -0.05) is 42.1 Å². The summed E-state index contributed by atoms with van der Waals surface area (Å²) in [7, 11) is 0. The standard InChI is InChI=1S/C17H16N4OS2/c18-16-19-20-17(24-9-15(22)23)21(16)14-8-7-11(10-5-6-10)12-3-1-2-4-13(12)14/h1-4,7-8,10H,5-6,9H2,(H2,18,19)(H,22,23). The number of aromatic nitrogens is 3. The van der Waals surface area contributed by atoms with Gasteiger partial charge in [0, 0.05) is 5.39 Å². The van der Waals surface area contributed by atoms with Crippen LogP contribution in [0.25, 0.3) is 16.5 Å². The highest BCUT2D eigenvalue weighted by Crippen LogP contribution is 2.44. The van der Waals surface area contributed by atoms with Crippen LogP contribution >= 0.6 is 24.4 Å². The molecule has 1 aromatic heterocycles. The van der Waals surface area contributed by atoms with Crippen molar-refractivity contribution in [2.75, 3.05) is 11.5 Å². The van der Waals surface area contributed by atoms with Crippen LogP contribution in [0.5, 0.6) is 0 Å². The predicted octanol–water partition coefficient (Wildman–Crippen LogP) is 3.43. The molecule has 4 rings (SSSR count). The Balaban J connectivity index is 1.87. The van der Waals surface area contributed by atoms with Crippen LogP contribution in [0.4, 0.5) is 5.95 Å². The minimum Gasteiger partial charge on any atom is -0.368 e. The van der Waals surface area contributed by atoms with Crippen LogP contribution in [0.15, 0.2) is 41.6 Å². The van der Waals surface area contributed by atoms with Crippen molar-refractivity contribution in [3.8, 4) is 5.69 Å². The zero-order chi connectivity index (χ0) is 16.7. The molecule has 7 heteroatoms. The van der Waals surface area contributed by atoms with Crippen LogP contribution in [0.3, 0.4) is 0 Å². The Morgan fingerprint density at radius 1 is 1.21 bits per heavy atom. The van der Waals surface area contributed by atoms with Gasteiger partial charge >= 0.3 is 0 Å².